The maximum absolute atomic E-state index is 12.3. The van der Waals surface area contributed by atoms with Crippen LogP contribution in [0.4, 0.5) is 13.2 Å². The molecule has 4 nitrogen and oxygen atoms in total. The van der Waals surface area contributed by atoms with Crippen LogP contribution in [0.3, 0.4) is 0 Å². The molecule has 0 bridgehead atoms. The molecule has 0 aromatic rings. The fourth-order valence-electron chi connectivity index (χ4n) is 2.87. The summed E-state index contributed by atoms with van der Waals surface area (Å²) >= 11 is 0. The largest absolute Gasteiger partial charge is 0.401 e. The Hall–Kier alpha value is -0.820. The Morgan fingerprint density at radius 1 is 1.10 bits per heavy atom. The van der Waals surface area contributed by atoms with Crippen molar-refractivity contribution >= 4 is 5.91 Å². The predicted octanol–water partition coefficient (Wildman–Crippen LogP) is 1.08. The molecule has 1 N–H and O–H groups in total. The molecule has 0 aromatic heterocycles. The van der Waals surface area contributed by atoms with Crippen molar-refractivity contribution in [2.24, 2.45) is 5.92 Å². The molecule has 0 aromatic carbocycles. The SMILES string of the molecule is O=C(CC1CCNCC1)N1CCN(CC(F)(F)F)CC1. The Balaban J connectivity index is 1.71. The molecule has 0 unspecified atom stereocenters. The normalized spacial score (nSPS) is 23.1. The summed E-state index contributed by atoms with van der Waals surface area (Å²) in [6, 6.07) is 0. The zero-order valence-corrected chi connectivity index (χ0v) is 11.6. The lowest BCUT2D eigenvalue weighted by molar-refractivity contribution is -0.152. The predicted molar refractivity (Wildman–Crippen MR) is 69.3 cm³/mol. The van der Waals surface area contributed by atoms with Gasteiger partial charge in [0.1, 0.15) is 0 Å². The van der Waals surface area contributed by atoms with Crippen LogP contribution in [0.2, 0.25) is 0 Å². The molecular weight excluding hydrogens is 271 g/mol. The highest BCUT2D eigenvalue weighted by Crippen LogP contribution is 2.20. The first-order valence-corrected chi connectivity index (χ1v) is 7.21. The van der Waals surface area contributed by atoms with Crippen molar-refractivity contribution in [1.29, 1.82) is 0 Å². The van der Waals surface area contributed by atoms with Crippen LogP contribution < -0.4 is 5.32 Å². The molecule has 2 heterocycles. The number of alkyl halides is 3. The van der Waals surface area contributed by atoms with Crippen molar-refractivity contribution in [3.63, 3.8) is 0 Å². The van der Waals surface area contributed by atoms with E-state index >= 15 is 0 Å². The molecule has 0 atom stereocenters. The number of hydrogen-bond acceptors (Lipinski definition) is 3. The zero-order valence-electron chi connectivity index (χ0n) is 11.6. The summed E-state index contributed by atoms with van der Waals surface area (Å²) < 4.78 is 36.8. The fraction of sp³-hybridized carbons (Fsp3) is 0.923. The first-order valence-electron chi connectivity index (χ1n) is 7.21. The number of piperazine rings is 1. The van der Waals surface area contributed by atoms with Crippen LogP contribution in [0.5, 0.6) is 0 Å². The Morgan fingerprint density at radius 2 is 1.70 bits per heavy atom. The van der Waals surface area contributed by atoms with E-state index in [9.17, 15) is 18.0 Å². The third kappa shape index (κ3) is 4.94. The molecule has 2 saturated heterocycles. The van der Waals surface area contributed by atoms with Gasteiger partial charge in [-0.1, -0.05) is 0 Å². The van der Waals surface area contributed by atoms with Crippen LogP contribution in [-0.4, -0.2) is 67.7 Å². The van der Waals surface area contributed by atoms with E-state index in [2.05, 4.69) is 5.32 Å². The molecule has 7 heteroatoms. The fourth-order valence-corrected chi connectivity index (χ4v) is 2.87. The molecule has 2 rings (SSSR count). The van der Waals surface area contributed by atoms with Crippen molar-refractivity contribution in [1.82, 2.24) is 15.1 Å². The van der Waals surface area contributed by atoms with Gasteiger partial charge in [0.2, 0.25) is 5.91 Å². The van der Waals surface area contributed by atoms with Gasteiger partial charge >= 0.3 is 6.18 Å². The van der Waals surface area contributed by atoms with Gasteiger partial charge in [-0.05, 0) is 31.8 Å². The second-order valence-corrected chi connectivity index (χ2v) is 5.67. The van der Waals surface area contributed by atoms with Gasteiger partial charge in [-0.25, -0.2) is 0 Å². The molecule has 0 aliphatic carbocycles. The van der Waals surface area contributed by atoms with Crippen molar-refractivity contribution in [3.05, 3.63) is 0 Å². The summed E-state index contributed by atoms with van der Waals surface area (Å²) in [7, 11) is 0. The highest BCUT2D eigenvalue weighted by molar-refractivity contribution is 5.76. The quantitative estimate of drug-likeness (QED) is 0.846. The summed E-state index contributed by atoms with van der Waals surface area (Å²) in [5.41, 5.74) is 0. The highest BCUT2D eigenvalue weighted by atomic mass is 19.4. The van der Waals surface area contributed by atoms with Crippen LogP contribution >= 0.6 is 0 Å². The summed E-state index contributed by atoms with van der Waals surface area (Å²) in [5, 5.41) is 3.26. The molecule has 1 amide bonds. The lowest BCUT2D eigenvalue weighted by Crippen LogP contribution is -2.51. The van der Waals surface area contributed by atoms with Gasteiger partial charge in [0.25, 0.3) is 0 Å². The molecule has 0 radical (unpaired) electrons. The summed E-state index contributed by atoms with van der Waals surface area (Å²) in [6.45, 7) is 2.51. The van der Waals surface area contributed by atoms with E-state index in [1.54, 1.807) is 4.90 Å². The molecular formula is C13H22F3N3O. The molecule has 0 saturated carbocycles. The number of hydrogen-bond donors (Lipinski definition) is 1. The smallest absolute Gasteiger partial charge is 0.340 e. The Morgan fingerprint density at radius 3 is 2.25 bits per heavy atom. The minimum Gasteiger partial charge on any atom is -0.340 e. The molecule has 2 aliphatic heterocycles. The second-order valence-electron chi connectivity index (χ2n) is 5.67. The van der Waals surface area contributed by atoms with Gasteiger partial charge in [-0.2, -0.15) is 13.2 Å². The van der Waals surface area contributed by atoms with Gasteiger partial charge in [-0.15, -0.1) is 0 Å². The molecule has 0 spiro atoms. The third-order valence-electron chi connectivity index (χ3n) is 4.05. The number of piperidine rings is 1. The standard InChI is InChI=1S/C13H22F3N3O/c14-13(15,16)10-18-5-7-19(8-6-18)12(20)9-11-1-3-17-4-2-11/h11,17H,1-10H2. The summed E-state index contributed by atoms with van der Waals surface area (Å²) in [6.07, 6.45) is -1.58. The Bertz CT molecular complexity index is 321. The topological polar surface area (TPSA) is 35.6 Å². The molecule has 2 aliphatic rings. The van der Waals surface area contributed by atoms with E-state index in [0.717, 1.165) is 25.9 Å². The molecule has 116 valence electrons. The molecule has 20 heavy (non-hydrogen) atoms. The molecule has 2 fully saturated rings. The lowest BCUT2D eigenvalue weighted by atomic mass is 9.94. The first-order chi connectivity index (χ1) is 9.44. The number of halogens is 3. The average molecular weight is 293 g/mol. The lowest BCUT2D eigenvalue weighted by Gasteiger charge is -2.36. The highest BCUT2D eigenvalue weighted by Gasteiger charge is 2.33. The van der Waals surface area contributed by atoms with Crippen molar-refractivity contribution < 1.29 is 18.0 Å². The second kappa shape index (κ2) is 6.76. The van der Waals surface area contributed by atoms with E-state index in [4.69, 9.17) is 0 Å². The van der Waals surface area contributed by atoms with Gasteiger partial charge in [-0.3, -0.25) is 9.69 Å². The Kier molecular flexibility index (Phi) is 5.26. The van der Waals surface area contributed by atoms with Crippen LogP contribution in [0.15, 0.2) is 0 Å². The maximum atomic E-state index is 12.3. The average Bonchev–Trinajstić information content (AvgIpc) is 2.39. The number of nitrogens with zero attached hydrogens (tertiary/aromatic N) is 2. The first kappa shape index (κ1) is 15.6. The van der Waals surface area contributed by atoms with Crippen molar-refractivity contribution in [2.75, 3.05) is 45.8 Å². The van der Waals surface area contributed by atoms with E-state index < -0.39 is 12.7 Å². The number of carbonyl (C=O) groups is 1. The summed E-state index contributed by atoms with van der Waals surface area (Å²) in [5.74, 6) is 0.528. The number of rotatable bonds is 3. The van der Waals surface area contributed by atoms with Crippen LogP contribution in [0.25, 0.3) is 0 Å². The van der Waals surface area contributed by atoms with Crippen molar-refractivity contribution in [3.8, 4) is 0 Å². The van der Waals surface area contributed by atoms with E-state index in [0.29, 0.717) is 38.5 Å². The van der Waals surface area contributed by atoms with Crippen LogP contribution in [-0.2, 0) is 4.79 Å². The summed E-state index contributed by atoms with van der Waals surface area (Å²) in [4.78, 5) is 15.2. The minimum absolute atomic E-state index is 0.101. The number of carbonyl (C=O) groups excluding carboxylic acids is 1. The van der Waals surface area contributed by atoms with Gasteiger partial charge in [0.05, 0.1) is 6.54 Å². The zero-order chi connectivity index (χ0) is 14.6. The minimum atomic E-state index is -4.15. The van der Waals surface area contributed by atoms with E-state index in [1.807, 2.05) is 0 Å². The maximum Gasteiger partial charge on any atom is 0.401 e. The van der Waals surface area contributed by atoms with Gasteiger partial charge < -0.3 is 10.2 Å². The van der Waals surface area contributed by atoms with Gasteiger partial charge in [0.15, 0.2) is 0 Å². The van der Waals surface area contributed by atoms with Gasteiger partial charge in [0, 0.05) is 32.6 Å². The third-order valence-corrected chi connectivity index (χ3v) is 4.05. The monoisotopic (exact) mass is 293 g/mol. The van der Waals surface area contributed by atoms with Crippen LogP contribution in [0.1, 0.15) is 19.3 Å². The van der Waals surface area contributed by atoms with Crippen LogP contribution in [0, 0.1) is 5.92 Å². The number of amides is 1. The van der Waals surface area contributed by atoms with E-state index in [-0.39, 0.29) is 5.91 Å². The Labute approximate surface area is 117 Å². The number of nitrogens with one attached hydrogen (secondary N) is 1. The van der Waals surface area contributed by atoms with Crippen molar-refractivity contribution in [2.45, 2.75) is 25.4 Å². The van der Waals surface area contributed by atoms with E-state index in [1.165, 1.54) is 4.90 Å².